The smallest absolute Gasteiger partial charge is 0.351 e. The minimum atomic E-state index is -4.40. The molecule has 2 aromatic rings. The van der Waals surface area contributed by atoms with Crippen LogP contribution in [0.2, 0.25) is 0 Å². The standard InChI is InChI=1S/C23H25F3N4O2/c1-15-13-29(8-9-30(15)21-7-4-18(12-27-21)23(24,25)26)14-22(32)28-19-5-2-17-11-20(31)6-3-16(17)10-19/h2,4-5,7,10,12,15H,3,6,8-9,11,13-14H2,1H3,(H,28,32)/t15-/m1/s1. The van der Waals surface area contributed by atoms with Crippen molar-refractivity contribution in [3.05, 3.63) is 53.2 Å². The quantitative estimate of drug-likeness (QED) is 0.781. The third-order valence-corrected chi connectivity index (χ3v) is 6.00. The van der Waals surface area contributed by atoms with E-state index in [-0.39, 0.29) is 24.3 Å². The zero-order valence-corrected chi connectivity index (χ0v) is 17.8. The van der Waals surface area contributed by atoms with E-state index in [0.29, 0.717) is 44.7 Å². The number of piperazine rings is 1. The van der Waals surface area contributed by atoms with E-state index >= 15 is 0 Å². The van der Waals surface area contributed by atoms with Crippen molar-refractivity contribution < 1.29 is 22.8 Å². The number of Topliss-reactive ketones (excluding diaryl/α,β-unsaturated/α-hetero) is 1. The van der Waals surface area contributed by atoms with E-state index in [1.165, 1.54) is 6.07 Å². The number of hydrogen-bond acceptors (Lipinski definition) is 5. The van der Waals surface area contributed by atoms with Gasteiger partial charge in [0.15, 0.2) is 0 Å². The van der Waals surface area contributed by atoms with Gasteiger partial charge in [-0.2, -0.15) is 13.2 Å². The Balaban J connectivity index is 1.31. The minimum Gasteiger partial charge on any atom is -0.351 e. The lowest BCUT2D eigenvalue weighted by atomic mass is 9.90. The monoisotopic (exact) mass is 446 g/mol. The molecule has 6 nitrogen and oxygen atoms in total. The number of alkyl halides is 3. The molecule has 1 aromatic heterocycles. The van der Waals surface area contributed by atoms with E-state index < -0.39 is 11.7 Å². The number of rotatable bonds is 4. The van der Waals surface area contributed by atoms with Crippen LogP contribution in [0.1, 0.15) is 30.0 Å². The van der Waals surface area contributed by atoms with Gasteiger partial charge in [-0.05, 0) is 48.7 Å². The number of halogens is 3. The molecule has 1 amide bonds. The molecule has 32 heavy (non-hydrogen) atoms. The normalized spacial score (nSPS) is 19.6. The Bertz CT molecular complexity index is 1010. The van der Waals surface area contributed by atoms with Gasteiger partial charge in [-0.1, -0.05) is 6.07 Å². The Morgan fingerprint density at radius 1 is 1.16 bits per heavy atom. The summed E-state index contributed by atoms with van der Waals surface area (Å²) in [5.41, 5.74) is 2.09. The van der Waals surface area contributed by atoms with Gasteiger partial charge in [0.2, 0.25) is 5.91 Å². The lowest BCUT2D eigenvalue weighted by Gasteiger charge is -2.40. The van der Waals surface area contributed by atoms with Crippen molar-refractivity contribution in [3.8, 4) is 0 Å². The predicted molar refractivity (Wildman–Crippen MR) is 115 cm³/mol. The number of fused-ring (bicyclic) bond motifs is 1. The number of aromatic nitrogens is 1. The molecule has 0 bridgehead atoms. The second-order valence-electron chi connectivity index (χ2n) is 8.43. The van der Waals surface area contributed by atoms with Crippen molar-refractivity contribution in [2.75, 3.05) is 36.4 Å². The van der Waals surface area contributed by atoms with E-state index in [2.05, 4.69) is 10.3 Å². The van der Waals surface area contributed by atoms with Gasteiger partial charge in [-0.15, -0.1) is 0 Å². The van der Waals surface area contributed by atoms with E-state index in [9.17, 15) is 22.8 Å². The fraction of sp³-hybridized carbons (Fsp3) is 0.435. The van der Waals surface area contributed by atoms with Crippen LogP contribution < -0.4 is 10.2 Å². The maximum absolute atomic E-state index is 12.8. The highest BCUT2D eigenvalue weighted by Crippen LogP contribution is 2.30. The Hall–Kier alpha value is -2.94. The van der Waals surface area contributed by atoms with Gasteiger partial charge in [0, 0.05) is 50.4 Å². The largest absolute Gasteiger partial charge is 0.417 e. The second-order valence-corrected chi connectivity index (χ2v) is 8.43. The summed E-state index contributed by atoms with van der Waals surface area (Å²) >= 11 is 0. The van der Waals surface area contributed by atoms with Crippen LogP contribution in [0, 0.1) is 0 Å². The molecule has 9 heteroatoms. The highest BCUT2D eigenvalue weighted by molar-refractivity contribution is 5.92. The fourth-order valence-electron chi connectivity index (χ4n) is 4.33. The summed E-state index contributed by atoms with van der Waals surface area (Å²) in [6.45, 7) is 3.97. The van der Waals surface area contributed by atoms with E-state index in [0.717, 1.165) is 29.1 Å². The number of ketones is 1. The number of carbonyl (C=O) groups is 2. The maximum Gasteiger partial charge on any atom is 0.417 e. The average Bonchev–Trinajstić information content (AvgIpc) is 2.73. The third kappa shape index (κ3) is 5.09. The highest BCUT2D eigenvalue weighted by atomic mass is 19.4. The molecule has 1 aliphatic heterocycles. The topological polar surface area (TPSA) is 65.5 Å². The molecule has 1 N–H and O–H groups in total. The SMILES string of the molecule is C[C@@H]1CN(CC(=O)Nc2ccc3c(c2)CCC(=O)C3)CCN1c1ccc(C(F)(F)F)cn1. The van der Waals surface area contributed by atoms with Crippen molar-refractivity contribution in [2.45, 2.75) is 38.4 Å². The molecule has 0 unspecified atom stereocenters. The van der Waals surface area contributed by atoms with Crippen molar-refractivity contribution in [1.29, 1.82) is 0 Å². The van der Waals surface area contributed by atoms with Gasteiger partial charge in [-0.25, -0.2) is 4.98 Å². The molecule has 2 aliphatic rings. The van der Waals surface area contributed by atoms with Crippen molar-refractivity contribution in [2.24, 2.45) is 0 Å². The molecule has 0 saturated carbocycles. The molecule has 1 atom stereocenters. The van der Waals surface area contributed by atoms with Crippen LogP contribution in [0.3, 0.4) is 0 Å². The first-order valence-electron chi connectivity index (χ1n) is 10.6. The van der Waals surface area contributed by atoms with E-state index in [4.69, 9.17) is 0 Å². The zero-order valence-electron chi connectivity index (χ0n) is 17.8. The lowest BCUT2D eigenvalue weighted by Crippen LogP contribution is -2.53. The summed E-state index contributed by atoms with van der Waals surface area (Å²) in [7, 11) is 0. The molecular weight excluding hydrogens is 421 g/mol. The van der Waals surface area contributed by atoms with E-state index in [1.807, 2.05) is 34.9 Å². The Morgan fingerprint density at radius 3 is 2.66 bits per heavy atom. The number of amides is 1. The van der Waals surface area contributed by atoms with Gasteiger partial charge in [0.05, 0.1) is 12.1 Å². The number of carbonyl (C=O) groups excluding carboxylic acids is 2. The summed E-state index contributed by atoms with van der Waals surface area (Å²) in [4.78, 5) is 32.1. The minimum absolute atomic E-state index is 0.00192. The van der Waals surface area contributed by atoms with Crippen LogP contribution in [0.5, 0.6) is 0 Å². The fourth-order valence-corrected chi connectivity index (χ4v) is 4.33. The Labute approximate surface area is 184 Å². The molecule has 1 fully saturated rings. The lowest BCUT2D eigenvalue weighted by molar-refractivity contribution is -0.137. The number of anilines is 2. The molecule has 2 heterocycles. The van der Waals surface area contributed by atoms with Crippen LogP contribution in [-0.2, 0) is 28.6 Å². The molecule has 1 saturated heterocycles. The highest BCUT2D eigenvalue weighted by Gasteiger charge is 2.32. The second kappa shape index (κ2) is 8.90. The third-order valence-electron chi connectivity index (χ3n) is 6.00. The average molecular weight is 446 g/mol. The molecule has 1 aliphatic carbocycles. The number of benzene rings is 1. The number of aryl methyl sites for hydroxylation is 1. The zero-order chi connectivity index (χ0) is 22.9. The van der Waals surface area contributed by atoms with Gasteiger partial charge in [0.25, 0.3) is 0 Å². The summed E-state index contributed by atoms with van der Waals surface area (Å²) < 4.78 is 38.3. The van der Waals surface area contributed by atoms with Gasteiger partial charge < -0.3 is 10.2 Å². The number of nitrogens with zero attached hydrogens (tertiary/aromatic N) is 3. The summed E-state index contributed by atoms with van der Waals surface area (Å²) in [6, 6.07) is 8.11. The van der Waals surface area contributed by atoms with Crippen LogP contribution in [0.15, 0.2) is 36.5 Å². The first-order chi connectivity index (χ1) is 15.2. The summed E-state index contributed by atoms with van der Waals surface area (Å²) in [5.74, 6) is 0.626. The van der Waals surface area contributed by atoms with Crippen LogP contribution in [-0.4, -0.2) is 53.8 Å². The molecular formula is C23H25F3N4O2. The summed E-state index contributed by atoms with van der Waals surface area (Å²) in [5, 5.41) is 2.93. The molecule has 0 radical (unpaired) electrons. The molecule has 4 rings (SSSR count). The van der Waals surface area contributed by atoms with Gasteiger partial charge in [-0.3, -0.25) is 14.5 Å². The molecule has 0 spiro atoms. The predicted octanol–water partition coefficient (Wildman–Crippen LogP) is 3.31. The van der Waals surface area contributed by atoms with Gasteiger partial charge in [0.1, 0.15) is 11.6 Å². The number of nitrogens with one attached hydrogen (secondary N) is 1. The maximum atomic E-state index is 12.8. The summed E-state index contributed by atoms with van der Waals surface area (Å²) in [6.07, 6.45) is -1.84. The van der Waals surface area contributed by atoms with Crippen molar-refractivity contribution in [3.63, 3.8) is 0 Å². The van der Waals surface area contributed by atoms with Crippen molar-refractivity contribution >= 4 is 23.2 Å². The van der Waals surface area contributed by atoms with Crippen LogP contribution in [0.4, 0.5) is 24.7 Å². The van der Waals surface area contributed by atoms with Crippen LogP contribution >= 0.6 is 0 Å². The van der Waals surface area contributed by atoms with E-state index in [1.54, 1.807) is 0 Å². The van der Waals surface area contributed by atoms with Crippen molar-refractivity contribution in [1.82, 2.24) is 9.88 Å². The van der Waals surface area contributed by atoms with Gasteiger partial charge >= 0.3 is 6.18 Å². The Morgan fingerprint density at radius 2 is 1.97 bits per heavy atom. The Kier molecular flexibility index (Phi) is 6.19. The van der Waals surface area contributed by atoms with Crippen LogP contribution in [0.25, 0.3) is 0 Å². The molecule has 170 valence electrons. The first kappa shape index (κ1) is 22.3. The first-order valence-corrected chi connectivity index (χ1v) is 10.6. The number of pyridine rings is 1. The molecule has 1 aromatic carbocycles. The number of hydrogen-bond donors (Lipinski definition) is 1.